The molecule has 6 nitrogen and oxygen atoms in total. The van der Waals surface area contributed by atoms with Crippen LogP contribution < -0.4 is 4.74 Å². The van der Waals surface area contributed by atoms with Gasteiger partial charge in [0.05, 0.1) is 11.1 Å². The zero-order valence-electron chi connectivity index (χ0n) is 15.7. The first-order valence-electron chi connectivity index (χ1n) is 8.88. The zero-order valence-corrected chi connectivity index (χ0v) is 17.3. The number of aryl methyl sites for hydroxylation is 1. The van der Waals surface area contributed by atoms with Crippen LogP contribution in [0.3, 0.4) is 0 Å². The highest BCUT2D eigenvalue weighted by Gasteiger charge is 2.06. The summed E-state index contributed by atoms with van der Waals surface area (Å²) in [4.78, 5) is 15.7. The quantitative estimate of drug-likeness (QED) is 0.245. The maximum atomic E-state index is 10.8. The number of nitro benzene ring substituents is 1. The summed E-state index contributed by atoms with van der Waals surface area (Å²) in [6.45, 7) is 2.62. The van der Waals surface area contributed by atoms with Gasteiger partial charge < -0.3 is 9.57 Å². The molecule has 0 radical (unpaired) electrons. The molecule has 148 valence electrons. The van der Waals surface area contributed by atoms with Gasteiger partial charge in [0.2, 0.25) is 0 Å². The summed E-state index contributed by atoms with van der Waals surface area (Å²) in [6, 6.07) is 20.0. The molecule has 3 aromatic rings. The number of nitrogens with zero attached hydrogens (tertiary/aromatic N) is 2. The van der Waals surface area contributed by atoms with Crippen molar-refractivity contribution in [3.05, 3.63) is 104 Å². The monoisotopic (exact) mass is 454 g/mol. The van der Waals surface area contributed by atoms with Crippen LogP contribution in [0.15, 0.2) is 76.4 Å². The Morgan fingerprint density at radius 2 is 1.79 bits per heavy atom. The topological polar surface area (TPSA) is 74.0 Å². The van der Waals surface area contributed by atoms with Gasteiger partial charge in [0, 0.05) is 22.2 Å². The molecule has 0 amide bonds. The third-order valence-electron chi connectivity index (χ3n) is 4.07. The molecule has 7 heteroatoms. The minimum absolute atomic E-state index is 0.0221. The molecule has 0 heterocycles. The van der Waals surface area contributed by atoms with Crippen LogP contribution in [0.5, 0.6) is 5.75 Å². The maximum absolute atomic E-state index is 10.8. The number of halogens is 1. The van der Waals surface area contributed by atoms with Crippen LogP contribution in [0.2, 0.25) is 0 Å². The number of oxime groups is 1. The second kappa shape index (κ2) is 9.84. The molecule has 0 aliphatic heterocycles. The third kappa shape index (κ3) is 6.15. The maximum Gasteiger partial charge on any atom is 0.269 e. The predicted octanol–water partition coefficient (Wildman–Crippen LogP) is 5.80. The minimum atomic E-state index is -0.438. The molecule has 3 rings (SSSR count). The standard InChI is InChI=1S/C22H19BrN2O4/c1-16-4-2-5-17(10-16)14-28-22-9-8-20(23)12-19(22)13-24-29-15-18-6-3-7-21(11-18)25(26)27/h2-13H,14-15H2,1H3/b24-13-. The summed E-state index contributed by atoms with van der Waals surface area (Å²) in [5.74, 6) is 0.678. The van der Waals surface area contributed by atoms with Gasteiger partial charge in [0.15, 0.2) is 0 Å². The number of rotatable bonds is 8. The lowest BCUT2D eigenvalue weighted by Crippen LogP contribution is -1.99. The van der Waals surface area contributed by atoms with Gasteiger partial charge in [-0.3, -0.25) is 10.1 Å². The lowest BCUT2D eigenvalue weighted by Gasteiger charge is -2.10. The van der Waals surface area contributed by atoms with E-state index in [0.717, 1.165) is 15.6 Å². The molecule has 0 fully saturated rings. The molecular weight excluding hydrogens is 436 g/mol. The molecule has 0 aliphatic rings. The highest BCUT2D eigenvalue weighted by atomic mass is 79.9. The SMILES string of the molecule is Cc1cccc(COc2ccc(Br)cc2/C=N\OCc2cccc([N+](=O)[O-])c2)c1. The number of hydrogen-bond donors (Lipinski definition) is 0. The predicted molar refractivity (Wildman–Crippen MR) is 115 cm³/mol. The van der Waals surface area contributed by atoms with E-state index < -0.39 is 4.92 Å². The smallest absolute Gasteiger partial charge is 0.269 e. The van der Waals surface area contributed by atoms with E-state index >= 15 is 0 Å². The molecule has 0 N–H and O–H groups in total. The molecule has 0 saturated carbocycles. The summed E-state index contributed by atoms with van der Waals surface area (Å²) in [5, 5.41) is 14.8. The lowest BCUT2D eigenvalue weighted by atomic mass is 10.1. The molecule has 0 spiro atoms. The molecule has 0 aromatic heterocycles. The van der Waals surface area contributed by atoms with Crippen LogP contribution in [0.25, 0.3) is 0 Å². The Morgan fingerprint density at radius 1 is 1.03 bits per heavy atom. The van der Waals surface area contributed by atoms with Crippen molar-refractivity contribution in [1.29, 1.82) is 0 Å². The van der Waals surface area contributed by atoms with Crippen molar-refractivity contribution in [3.63, 3.8) is 0 Å². The molecule has 0 saturated heterocycles. The minimum Gasteiger partial charge on any atom is -0.488 e. The van der Waals surface area contributed by atoms with E-state index in [0.29, 0.717) is 17.9 Å². The molecule has 0 unspecified atom stereocenters. The molecule has 0 aliphatic carbocycles. The highest BCUT2D eigenvalue weighted by molar-refractivity contribution is 9.10. The van der Waals surface area contributed by atoms with E-state index in [1.807, 2.05) is 43.3 Å². The van der Waals surface area contributed by atoms with Gasteiger partial charge in [0.25, 0.3) is 5.69 Å². The summed E-state index contributed by atoms with van der Waals surface area (Å²) in [6.07, 6.45) is 1.56. The van der Waals surface area contributed by atoms with E-state index in [9.17, 15) is 10.1 Å². The fourth-order valence-corrected chi connectivity index (χ4v) is 3.06. The van der Waals surface area contributed by atoms with Crippen molar-refractivity contribution >= 4 is 27.8 Å². The van der Waals surface area contributed by atoms with Crippen LogP contribution in [0.4, 0.5) is 5.69 Å². The van der Waals surface area contributed by atoms with Crippen LogP contribution in [0.1, 0.15) is 22.3 Å². The molecule has 29 heavy (non-hydrogen) atoms. The summed E-state index contributed by atoms with van der Waals surface area (Å²) in [7, 11) is 0. The summed E-state index contributed by atoms with van der Waals surface area (Å²) < 4.78 is 6.84. The van der Waals surface area contributed by atoms with Gasteiger partial charge in [-0.25, -0.2) is 0 Å². The van der Waals surface area contributed by atoms with Gasteiger partial charge in [-0.15, -0.1) is 0 Å². The van der Waals surface area contributed by atoms with Gasteiger partial charge in [-0.2, -0.15) is 0 Å². The van der Waals surface area contributed by atoms with Crippen LogP contribution >= 0.6 is 15.9 Å². The average Bonchev–Trinajstić information content (AvgIpc) is 2.71. The Labute approximate surface area is 177 Å². The largest absolute Gasteiger partial charge is 0.488 e. The second-order valence-corrected chi connectivity index (χ2v) is 7.31. The number of benzene rings is 3. The molecular formula is C22H19BrN2O4. The van der Waals surface area contributed by atoms with Crippen LogP contribution in [-0.4, -0.2) is 11.1 Å². The first kappa shape index (κ1) is 20.5. The zero-order chi connectivity index (χ0) is 20.6. The van der Waals surface area contributed by atoms with Crippen molar-refractivity contribution < 1.29 is 14.5 Å². The Balaban J connectivity index is 1.64. The summed E-state index contributed by atoms with van der Waals surface area (Å²) in [5.41, 5.74) is 3.71. The van der Waals surface area contributed by atoms with Crippen LogP contribution in [0, 0.1) is 17.0 Å². The normalized spacial score (nSPS) is 10.8. The van der Waals surface area contributed by atoms with E-state index in [4.69, 9.17) is 9.57 Å². The highest BCUT2D eigenvalue weighted by Crippen LogP contribution is 2.23. The van der Waals surface area contributed by atoms with Crippen LogP contribution in [-0.2, 0) is 18.1 Å². The lowest BCUT2D eigenvalue weighted by molar-refractivity contribution is -0.384. The average molecular weight is 455 g/mol. The second-order valence-electron chi connectivity index (χ2n) is 6.39. The van der Waals surface area contributed by atoms with Crippen molar-refractivity contribution in [2.45, 2.75) is 20.1 Å². The van der Waals surface area contributed by atoms with Crippen molar-refractivity contribution in [2.24, 2.45) is 5.16 Å². The number of nitro groups is 1. The first-order valence-corrected chi connectivity index (χ1v) is 9.67. The number of ether oxygens (including phenoxy) is 1. The van der Waals surface area contributed by atoms with E-state index in [1.165, 1.54) is 17.7 Å². The third-order valence-corrected chi connectivity index (χ3v) is 4.56. The van der Waals surface area contributed by atoms with Crippen molar-refractivity contribution in [1.82, 2.24) is 0 Å². The Kier molecular flexibility index (Phi) is 6.97. The fourth-order valence-electron chi connectivity index (χ4n) is 2.68. The Bertz CT molecular complexity index is 1040. The Hall–Kier alpha value is -3.19. The molecule has 0 atom stereocenters. The molecule has 3 aromatic carbocycles. The van der Waals surface area contributed by atoms with E-state index in [2.05, 4.69) is 27.2 Å². The van der Waals surface area contributed by atoms with E-state index in [-0.39, 0.29) is 12.3 Å². The van der Waals surface area contributed by atoms with Gasteiger partial charge in [-0.05, 0) is 36.2 Å². The van der Waals surface area contributed by atoms with Gasteiger partial charge >= 0.3 is 0 Å². The Morgan fingerprint density at radius 3 is 2.55 bits per heavy atom. The number of non-ortho nitro benzene ring substituents is 1. The van der Waals surface area contributed by atoms with E-state index in [1.54, 1.807) is 18.3 Å². The summed E-state index contributed by atoms with van der Waals surface area (Å²) >= 11 is 3.45. The number of hydrogen-bond acceptors (Lipinski definition) is 5. The first-order chi connectivity index (χ1) is 14.0. The van der Waals surface area contributed by atoms with Gasteiger partial charge in [0.1, 0.15) is 19.0 Å². The van der Waals surface area contributed by atoms with Gasteiger partial charge in [-0.1, -0.05) is 63.0 Å². The molecule has 0 bridgehead atoms. The van der Waals surface area contributed by atoms with Crippen molar-refractivity contribution in [3.8, 4) is 5.75 Å². The fraction of sp³-hybridized carbons (Fsp3) is 0.136. The van der Waals surface area contributed by atoms with Crippen molar-refractivity contribution in [2.75, 3.05) is 0 Å².